The van der Waals surface area contributed by atoms with Gasteiger partial charge in [0, 0.05) is 26.2 Å². The van der Waals surface area contributed by atoms with Gasteiger partial charge in [0.25, 0.3) is 0 Å². The maximum absolute atomic E-state index is 13.0. The molecule has 1 fully saturated rings. The number of hydrogen-bond donors (Lipinski definition) is 0. The van der Waals surface area contributed by atoms with Crippen LogP contribution in [0.1, 0.15) is 16.8 Å². The van der Waals surface area contributed by atoms with E-state index >= 15 is 0 Å². The van der Waals surface area contributed by atoms with Crippen LogP contribution in [0, 0.1) is 12.7 Å². The molecule has 1 aliphatic rings. The molecule has 2 aromatic rings. The highest BCUT2D eigenvalue weighted by atomic mass is 35.5. The van der Waals surface area contributed by atoms with Crippen LogP contribution in [0.15, 0.2) is 29.4 Å². The normalized spacial score (nSPS) is 16.2. The number of hydrogen-bond acceptors (Lipinski definition) is 4. The Morgan fingerprint density at radius 1 is 1.21 bits per heavy atom. The lowest BCUT2D eigenvalue weighted by molar-refractivity contribution is 0.159. The van der Waals surface area contributed by atoms with E-state index in [4.69, 9.17) is 11.6 Å². The molecule has 1 aromatic heterocycles. The van der Waals surface area contributed by atoms with Gasteiger partial charge in [0.15, 0.2) is 0 Å². The SMILES string of the molecule is Cc1nn(Cc2ccc(F)cc2)c(Cl)c1C=NN1CCN(C)CC1. The van der Waals surface area contributed by atoms with Crippen molar-refractivity contribution in [3.05, 3.63) is 52.1 Å². The fourth-order valence-corrected chi connectivity index (χ4v) is 2.92. The summed E-state index contributed by atoms with van der Waals surface area (Å²) < 4.78 is 14.7. The first-order valence-corrected chi connectivity index (χ1v) is 8.35. The first-order valence-electron chi connectivity index (χ1n) is 7.98. The third kappa shape index (κ3) is 3.94. The molecule has 0 N–H and O–H groups in total. The van der Waals surface area contributed by atoms with Crippen molar-refractivity contribution in [2.24, 2.45) is 5.10 Å². The molecule has 3 rings (SSSR count). The summed E-state index contributed by atoms with van der Waals surface area (Å²) in [5, 5.41) is 11.6. The molecule has 0 atom stereocenters. The number of benzene rings is 1. The van der Waals surface area contributed by atoms with Crippen molar-refractivity contribution in [1.82, 2.24) is 19.7 Å². The Hall–Kier alpha value is -1.92. The first kappa shape index (κ1) is 16.9. The van der Waals surface area contributed by atoms with E-state index in [1.54, 1.807) is 23.0 Å². The van der Waals surface area contributed by atoms with Crippen LogP contribution < -0.4 is 0 Å². The van der Waals surface area contributed by atoms with Crippen LogP contribution in [0.3, 0.4) is 0 Å². The summed E-state index contributed by atoms with van der Waals surface area (Å²) in [6.07, 6.45) is 1.79. The maximum atomic E-state index is 13.0. The minimum atomic E-state index is -0.249. The van der Waals surface area contributed by atoms with E-state index in [1.165, 1.54) is 12.1 Å². The van der Waals surface area contributed by atoms with Crippen molar-refractivity contribution in [3.8, 4) is 0 Å². The molecule has 24 heavy (non-hydrogen) atoms. The smallest absolute Gasteiger partial charge is 0.136 e. The Bertz CT molecular complexity index is 717. The second kappa shape index (κ2) is 7.32. The van der Waals surface area contributed by atoms with Gasteiger partial charge in [0.1, 0.15) is 11.0 Å². The zero-order chi connectivity index (χ0) is 17.1. The van der Waals surface area contributed by atoms with Gasteiger partial charge in [-0.15, -0.1) is 0 Å². The summed E-state index contributed by atoms with van der Waals surface area (Å²) in [5.41, 5.74) is 2.61. The number of rotatable bonds is 4. The summed E-state index contributed by atoms with van der Waals surface area (Å²) in [6.45, 7) is 6.25. The molecule has 1 saturated heterocycles. The molecule has 1 aliphatic heterocycles. The number of aromatic nitrogens is 2. The summed E-state index contributed by atoms with van der Waals surface area (Å²) in [5.74, 6) is -0.249. The number of nitrogens with zero attached hydrogens (tertiary/aromatic N) is 5. The van der Waals surface area contributed by atoms with Gasteiger partial charge in [0.05, 0.1) is 24.0 Å². The highest BCUT2D eigenvalue weighted by molar-refractivity contribution is 6.32. The van der Waals surface area contributed by atoms with Gasteiger partial charge in [-0.2, -0.15) is 10.2 Å². The van der Waals surface area contributed by atoms with Gasteiger partial charge < -0.3 is 4.90 Å². The number of hydrazone groups is 1. The van der Waals surface area contributed by atoms with Crippen LogP contribution in [-0.2, 0) is 6.54 Å². The molecule has 0 amide bonds. The Kier molecular flexibility index (Phi) is 5.16. The average Bonchev–Trinajstić information content (AvgIpc) is 2.83. The Balaban J connectivity index is 1.73. The van der Waals surface area contributed by atoms with Crippen molar-refractivity contribution in [2.75, 3.05) is 33.2 Å². The van der Waals surface area contributed by atoms with E-state index in [2.05, 4.69) is 22.1 Å². The molecule has 0 aliphatic carbocycles. The van der Waals surface area contributed by atoms with Gasteiger partial charge in [-0.05, 0) is 31.7 Å². The molecular weight excluding hydrogens is 329 g/mol. The monoisotopic (exact) mass is 349 g/mol. The minimum absolute atomic E-state index is 0.249. The fraction of sp³-hybridized carbons (Fsp3) is 0.412. The van der Waals surface area contributed by atoms with Gasteiger partial charge in [-0.1, -0.05) is 23.7 Å². The topological polar surface area (TPSA) is 36.7 Å². The van der Waals surface area contributed by atoms with Gasteiger partial charge in [-0.3, -0.25) is 5.01 Å². The lowest BCUT2D eigenvalue weighted by atomic mass is 10.2. The lowest BCUT2D eigenvalue weighted by Crippen LogP contribution is -2.41. The van der Waals surface area contributed by atoms with Crippen LogP contribution in [0.2, 0.25) is 5.15 Å². The second-order valence-corrected chi connectivity index (χ2v) is 6.43. The highest BCUT2D eigenvalue weighted by Crippen LogP contribution is 2.19. The standard InChI is InChI=1S/C17H21ClFN5/c1-13-16(11-20-23-9-7-22(2)8-10-23)17(18)24(21-13)12-14-3-5-15(19)6-4-14/h3-6,11H,7-10,12H2,1-2H3. The van der Waals surface area contributed by atoms with Crippen molar-refractivity contribution in [2.45, 2.75) is 13.5 Å². The lowest BCUT2D eigenvalue weighted by Gasteiger charge is -2.30. The molecule has 1 aromatic carbocycles. The first-order chi connectivity index (χ1) is 11.5. The molecule has 0 spiro atoms. The number of aryl methyl sites for hydroxylation is 1. The van der Waals surface area contributed by atoms with E-state index in [1.807, 2.05) is 11.9 Å². The molecule has 0 radical (unpaired) electrons. The number of piperazine rings is 1. The van der Waals surface area contributed by atoms with Crippen molar-refractivity contribution in [1.29, 1.82) is 0 Å². The molecule has 2 heterocycles. The minimum Gasteiger partial charge on any atom is -0.303 e. The Morgan fingerprint density at radius 2 is 1.88 bits per heavy atom. The van der Waals surface area contributed by atoms with Crippen molar-refractivity contribution >= 4 is 17.8 Å². The summed E-state index contributed by atoms with van der Waals surface area (Å²) in [6, 6.07) is 6.35. The third-order valence-corrected chi connectivity index (χ3v) is 4.58. The van der Waals surface area contributed by atoms with Crippen LogP contribution in [0.5, 0.6) is 0 Å². The summed E-state index contributed by atoms with van der Waals surface area (Å²) in [4.78, 5) is 2.28. The zero-order valence-electron chi connectivity index (χ0n) is 13.9. The van der Waals surface area contributed by atoms with Crippen LogP contribution in [-0.4, -0.2) is 59.1 Å². The van der Waals surface area contributed by atoms with Gasteiger partial charge in [0.2, 0.25) is 0 Å². The van der Waals surface area contributed by atoms with E-state index in [-0.39, 0.29) is 5.82 Å². The zero-order valence-corrected chi connectivity index (χ0v) is 14.7. The van der Waals surface area contributed by atoms with Gasteiger partial charge >= 0.3 is 0 Å². The molecular formula is C17H21ClFN5. The maximum Gasteiger partial charge on any atom is 0.136 e. The molecule has 0 saturated carbocycles. The van der Waals surface area contributed by atoms with Crippen LogP contribution >= 0.6 is 11.6 Å². The van der Waals surface area contributed by atoms with Crippen molar-refractivity contribution in [3.63, 3.8) is 0 Å². The predicted octanol–water partition coefficient (Wildman–Crippen LogP) is 2.61. The van der Waals surface area contributed by atoms with Crippen molar-refractivity contribution < 1.29 is 4.39 Å². The Labute approximate surface area is 146 Å². The number of halogens is 2. The average molecular weight is 350 g/mol. The largest absolute Gasteiger partial charge is 0.303 e. The summed E-state index contributed by atoms with van der Waals surface area (Å²) >= 11 is 6.46. The van der Waals surface area contributed by atoms with E-state index in [0.717, 1.165) is 43.0 Å². The predicted molar refractivity (Wildman–Crippen MR) is 94.1 cm³/mol. The van der Waals surface area contributed by atoms with E-state index < -0.39 is 0 Å². The molecule has 0 unspecified atom stereocenters. The fourth-order valence-electron chi connectivity index (χ4n) is 2.63. The molecule has 128 valence electrons. The van der Waals surface area contributed by atoms with E-state index in [0.29, 0.717) is 11.7 Å². The quantitative estimate of drug-likeness (QED) is 0.796. The summed E-state index contributed by atoms with van der Waals surface area (Å²) in [7, 11) is 2.11. The second-order valence-electron chi connectivity index (χ2n) is 6.08. The number of likely N-dealkylation sites (N-methyl/N-ethyl adjacent to an activating group) is 1. The van der Waals surface area contributed by atoms with Crippen LogP contribution in [0.25, 0.3) is 0 Å². The van der Waals surface area contributed by atoms with Gasteiger partial charge in [-0.25, -0.2) is 9.07 Å². The Morgan fingerprint density at radius 3 is 2.54 bits per heavy atom. The van der Waals surface area contributed by atoms with Crippen LogP contribution in [0.4, 0.5) is 4.39 Å². The molecule has 0 bridgehead atoms. The third-order valence-electron chi connectivity index (χ3n) is 4.18. The molecule has 7 heteroatoms. The highest BCUT2D eigenvalue weighted by Gasteiger charge is 2.14. The van der Waals surface area contributed by atoms with E-state index in [9.17, 15) is 4.39 Å². The molecule has 5 nitrogen and oxygen atoms in total.